The molecule has 4 rings (SSSR count). The molecule has 3 aromatic rings. The minimum absolute atomic E-state index is 0.0204. The van der Waals surface area contributed by atoms with Gasteiger partial charge in [-0.1, -0.05) is 13.8 Å². The lowest BCUT2D eigenvalue weighted by Crippen LogP contribution is -2.56. The maximum Gasteiger partial charge on any atom is 0.309 e. The van der Waals surface area contributed by atoms with E-state index in [1.165, 1.54) is 24.3 Å². The van der Waals surface area contributed by atoms with Gasteiger partial charge in [0.05, 0.1) is 18.1 Å². The van der Waals surface area contributed by atoms with Gasteiger partial charge < -0.3 is 44.5 Å². The minimum atomic E-state index is -1.74. The van der Waals surface area contributed by atoms with E-state index in [9.17, 15) is 40.2 Å². The summed E-state index contributed by atoms with van der Waals surface area (Å²) in [5, 5.41) is 61.6. The second kappa shape index (κ2) is 10.4. The van der Waals surface area contributed by atoms with Crippen molar-refractivity contribution < 1.29 is 49.3 Å². The molecule has 0 saturated carbocycles. The molecule has 2 heterocycles. The molecule has 0 bridgehead atoms. The standard InChI is InChI=1S/C26H28O11/c1-3-11(2)26(34)37-25-22(33)21(32)18(10-27)36-24(25)20-15(30)8-14(29)19-16(31)9-17(35-23(19)20)12-4-6-13(28)7-5-12/h4-9,11,18,21-22,24-25,27-30,32-33H,3,10H2,1-2H3/t11-,18+,21-,22+,24+,25+/m1/s1. The van der Waals surface area contributed by atoms with Crippen LogP contribution in [0.25, 0.3) is 22.3 Å². The summed E-state index contributed by atoms with van der Waals surface area (Å²) >= 11 is 0. The lowest BCUT2D eigenvalue weighted by molar-refractivity contribution is -0.242. The van der Waals surface area contributed by atoms with Gasteiger partial charge in [-0.25, -0.2) is 0 Å². The lowest BCUT2D eigenvalue weighted by atomic mass is 9.89. The molecule has 1 aliphatic rings. The summed E-state index contributed by atoms with van der Waals surface area (Å²) < 4.78 is 17.2. The van der Waals surface area contributed by atoms with Crippen molar-refractivity contribution in [1.29, 1.82) is 0 Å². The van der Waals surface area contributed by atoms with Gasteiger partial charge in [-0.2, -0.15) is 0 Å². The fourth-order valence-electron chi connectivity index (χ4n) is 4.24. The van der Waals surface area contributed by atoms with Crippen LogP contribution in [0.5, 0.6) is 17.2 Å². The van der Waals surface area contributed by atoms with Crippen LogP contribution in [0, 0.1) is 5.92 Å². The van der Waals surface area contributed by atoms with Gasteiger partial charge in [0.1, 0.15) is 52.8 Å². The molecule has 1 fully saturated rings. The van der Waals surface area contributed by atoms with Crippen LogP contribution < -0.4 is 5.43 Å². The minimum Gasteiger partial charge on any atom is -0.508 e. The first-order chi connectivity index (χ1) is 17.6. The Morgan fingerprint density at radius 1 is 1.05 bits per heavy atom. The Bertz CT molecular complexity index is 1350. The normalized spacial score (nSPS) is 24.6. The number of phenolic OH excluding ortho intramolecular Hbond substituents is 3. The van der Waals surface area contributed by atoms with E-state index in [0.717, 1.165) is 12.1 Å². The predicted octanol–water partition coefficient (Wildman–Crippen LogP) is 1.69. The van der Waals surface area contributed by atoms with Crippen molar-refractivity contribution in [3.8, 4) is 28.6 Å². The van der Waals surface area contributed by atoms with E-state index in [2.05, 4.69) is 0 Å². The third kappa shape index (κ3) is 4.86. The molecule has 1 aliphatic heterocycles. The first-order valence-corrected chi connectivity index (χ1v) is 11.7. The molecule has 1 aromatic heterocycles. The number of carbonyl (C=O) groups excluding carboxylic acids is 1. The van der Waals surface area contributed by atoms with E-state index in [1.807, 2.05) is 0 Å². The van der Waals surface area contributed by atoms with Crippen LogP contribution in [-0.4, -0.2) is 67.6 Å². The van der Waals surface area contributed by atoms with Crippen LogP contribution in [0.4, 0.5) is 0 Å². The molecule has 37 heavy (non-hydrogen) atoms. The zero-order valence-electron chi connectivity index (χ0n) is 20.1. The van der Waals surface area contributed by atoms with E-state index in [-0.39, 0.29) is 28.0 Å². The summed E-state index contributed by atoms with van der Waals surface area (Å²) in [5.41, 5.74) is -0.843. The van der Waals surface area contributed by atoms with Crippen LogP contribution in [0.1, 0.15) is 31.9 Å². The first-order valence-electron chi connectivity index (χ1n) is 11.7. The maximum absolute atomic E-state index is 13.0. The summed E-state index contributed by atoms with van der Waals surface area (Å²) in [6.07, 6.45) is -7.37. The second-order valence-corrected chi connectivity index (χ2v) is 9.02. The average molecular weight is 516 g/mol. The predicted molar refractivity (Wildman–Crippen MR) is 129 cm³/mol. The van der Waals surface area contributed by atoms with E-state index in [1.54, 1.807) is 13.8 Å². The zero-order chi connectivity index (χ0) is 27.0. The van der Waals surface area contributed by atoms with E-state index in [4.69, 9.17) is 13.9 Å². The summed E-state index contributed by atoms with van der Waals surface area (Å²) in [5.74, 6) is -2.47. The number of carbonyl (C=O) groups is 1. The highest BCUT2D eigenvalue weighted by molar-refractivity contribution is 5.89. The quantitative estimate of drug-likeness (QED) is 0.262. The molecule has 11 heteroatoms. The number of hydrogen-bond donors (Lipinski definition) is 6. The molecule has 11 nitrogen and oxygen atoms in total. The fraction of sp³-hybridized carbons (Fsp3) is 0.385. The number of rotatable bonds is 6. The summed E-state index contributed by atoms with van der Waals surface area (Å²) in [6, 6.07) is 7.72. The van der Waals surface area contributed by atoms with E-state index in [0.29, 0.717) is 12.0 Å². The maximum atomic E-state index is 13.0. The molecule has 0 radical (unpaired) electrons. The van der Waals surface area contributed by atoms with Crippen molar-refractivity contribution in [2.24, 2.45) is 5.92 Å². The molecule has 1 saturated heterocycles. The first kappa shape index (κ1) is 26.4. The number of hydrogen-bond acceptors (Lipinski definition) is 11. The lowest BCUT2D eigenvalue weighted by Gasteiger charge is -2.42. The topological polar surface area (TPSA) is 187 Å². The number of aromatic hydroxyl groups is 3. The monoisotopic (exact) mass is 516 g/mol. The van der Waals surface area contributed by atoms with Crippen LogP contribution in [0.15, 0.2) is 45.6 Å². The van der Waals surface area contributed by atoms with E-state index < -0.39 is 65.9 Å². The number of fused-ring (bicyclic) bond motifs is 1. The van der Waals surface area contributed by atoms with Gasteiger partial charge >= 0.3 is 5.97 Å². The molecule has 2 aromatic carbocycles. The summed E-state index contributed by atoms with van der Waals surface area (Å²) in [6.45, 7) is 2.64. The fourth-order valence-corrected chi connectivity index (χ4v) is 4.24. The third-order valence-electron chi connectivity index (χ3n) is 6.57. The Morgan fingerprint density at radius 3 is 2.35 bits per heavy atom. The van der Waals surface area contributed by atoms with Gasteiger partial charge in [0.15, 0.2) is 17.1 Å². The second-order valence-electron chi connectivity index (χ2n) is 9.02. The molecule has 6 atom stereocenters. The van der Waals surface area contributed by atoms with Gasteiger partial charge in [0.25, 0.3) is 0 Å². The van der Waals surface area contributed by atoms with Gasteiger partial charge in [0, 0.05) is 17.7 Å². The molecule has 6 N–H and O–H groups in total. The van der Waals surface area contributed by atoms with Gasteiger partial charge in [-0.15, -0.1) is 0 Å². The Balaban J connectivity index is 1.94. The summed E-state index contributed by atoms with van der Waals surface area (Å²) in [7, 11) is 0. The number of ether oxygens (including phenoxy) is 2. The average Bonchev–Trinajstić information content (AvgIpc) is 2.87. The smallest absolute Gasteiger partial charge is 0.309 e. The molecule has 0 amide bonds. The number of aliphatic hydroxyl groups excluding tert-OH is 3. The third-order valence-corrected chi connectivity index (χ3v) is 6.57. The molecule has 0 spiro atoms. The van der Waals surface area contributed by atoms with Crippen LogP contribution >= 0.6 is 0 Å². The zero-order valence-corrected chi connectivity index (χ0v) is 20.1. The molecular weight excluding hydrogens is 488 g/mol. The van der Waals surface area contributed by atoms with Crippen molar-refractivity contribution in [2.45, 2.75) is 50.8 Å². The molecule has 0 aliphatic carbocycles. The van der Waals surface area contributed by atoms with Crippen molar-refractivity contribution >= 4 is 16.9 Å². The molecular formula is C26H28O11. The number of phenols is 3. The number of benzene rings is 2. The highest BCUT2D eigenvalue weighted by Gasteiger charge is 2.49. The Hall–Kier alpha value is -3.64. The highest BCUT2D eigenvalue weighted by Crippen LogP contribution is 2.44. The van der Waals surface area contributed by atoms with Gasteiger partial charge in [-0.3, -0.25) is 9.59 Å². The van der Waals surface area contributed by atoms with Gasteiger partial charge in [0.2, 0.25) is 0 Å². The SMILES string of the molecule is CC[C@@H](C)C(=O)O[C@H]1[C@@H](O)[C@H](O)[C@H](CO)O[C@H]1c1c(O)cc(O)c2c(=O)cc(-c3ccc(O)cc3)oc12. The van der Waals surface area contributed by atoms with Crippen LogP contribution in [0.3, 0.4) is 0 Å². The number of aliphatic hydroxyl groups is 3. The Labute approximate surface area is 210 Å². The molecule has 0 unspecified atom stereocenters. The van der Waals surface area contributed by atoms with Crippen molar-refractivity contribution in [1.82, 2.24) is 0 Å². The largest absolute Gasteiger partial charge is 0.508 e. The van der Waals surface area contributed by atoms with Crippen LogP contribution in [-0.2, 0) is 14.3 Å². The van der Waals surface area contributed by atoms with Gasteiger partial charge in [-0.05, 0) is 30.7 Å². The van der Waals surface area contributed by atoms with Crippen LogP contribution in [0.2, 0.25) is 0 Å². The van der Waals surface area contributed by atoms with E-state index >= 15 is 0 Å². The van der Waals surface area contributed by atoms with Crippen molar-refractivity contribution in [2.75, 3.05) is 6.61 Å². The number of esters is 1. The van der Waals surface area contributed by atoms with Crippen molar-refractivity contribution in [3.05, 3.63) is 52.2 Å². The Kier molecular flexibility index (Phi) is 7.42. The highest BCUT2D eigenvalue weighted by atomic mass is 16.6. The van der Waals surface area contributed by atoms with Crippen molar-refractivity contribution in [3.63, 3.8) is 0 Å². The summed E-state index contributed by atoms with van der Waals surface area (Å²) in [4.78, 5) is 25.7. The molecule has 198 valence electrons. The Morgan fingerprint density at radius 2 is 1.73 bits per heavy atom.